The molecule has 0 saturated carbocycles. The van der Waals surface area contributed by atoms with Crippen molar-refractivity contribution in [2.24, 2.45) is 5.92 Å². The molecule has 28 heavy (non-hydrogen) atoms. The van der Waals surface area contributed by atoms with Crippen molar-refractivity contribution in [1.29, 1.82) is 0 Å². The molecule has 3 N–H and O–H groups in total. The average molecular weight is 384 g/mol. The van der Waals surface area contributed by atoms with E-state index in [2.05, 4.69) is 15.9 Å². The van der Waals surface area contributed by atoms with Gasteiger partial charge in [-0.1, -0.05) is 5.92 Å². The first kappa shape index (κ1) is 20.4. The number of aromatic amines is 1. The number of H-pyrrole nitrogens is 1. The predicted molar refractivity (Wildman–Crippen MR) is 95.0 cm³/mol. The number of carbonyl (C=O) groups excluding carboxylic acids is 2. The summed E-state index contributed by atoms with van der Waals surface area (Å²) in [5.41, 5.74) is -1.03. The van der Waals surface area contributed by atoms with Gasteiger partial charge >= 0.3 is 17.9 Å². The zero-order valence-corrected chi connectivity index (χ0v) is 14.8. The minimum Gasteiger partial charge on any atom is -0.478 e. The number of esters is 1. The van der Waals surface area contributed by atoms with Gasteiger partial charge in [0.1, 0.15) is 0 Å². The number of Topliss-reactive ketones (excluding diaryl/α,β-unsaturated/α-hetero) is 1. The van der Waals surface area contributed by atoms with Gasteiger partial charge < -0.3 is 19.9 Å². The molecule has 1 heterocycles. The van der Waals surface area contributed by atoms with Crippen molar-refractivity contribution in [2.45, 2.75) is 12.8 Å². The Kier molecular flexibility index (Phi) is 6.29. The molecule has 1 aromatic heterocycles. The molecule has 2 rings (SSSR count). The highest BCUT2D eigenvalue weighted by molar-refractivity contribution is 6.13. The van der Waals surface area contributed by atoms with Crippen LogP contribution in [0.2, 0.25) is 0 Å². The van der Waals surface area contributed by atoms with Gasteiger partial charge in [0.05, 0.1) is 30.5 Å². The number of carboxylic acid groups (broad SMARTS) is 2. The van der Waals surface area contributed by atoms with Crippen LogP contribution in [-0.4, -0.2) is 51.0 Å². The van der Waals surface area contributed by atoms with Crippen molar-refractivity contribution in [1.82, 2.24) is 9.97 Å². The Bertz CT molecular complexity index is 936. The first-order valence-corrected chi connectivity index (χ1v) is 7.98. The van der Waals surface area contributed by atoms with Crippen LogP contribution in [0.15, 0.2) is 24.7 Å². The third-order valence-corrected chi connectivity index (χ3v) is 4.03. The van der Waals surface area contributed by atoms with E-state index in [1.807, 2.05) is 0 Å². The molecule has 0 unspecified atom stereocenters. The molecule has 0 aliphatic rings. The van der Waals surface area contributed by atoms with E-state index in [9.17, 15) is 29.4 Å². The number of aromatic nitrogens is 2. The van der Waals surface area contributed by atoms with Gasteiger partial charge in [0.15, 0.2) is 5.78 Å². The Morgan fingerprint density at radius 2 is 1.82 bits per heavy atom. The summed E-state index contributed by atoms with van der Waals surface area (Å²) in [4.78, 5) is 54.7. The van der Waals surface area contributed by atoms with E-state index in [1.165, 1.54) is 12.5 Å². The molecule has 0 aliphatic carbocycles. The summed E-state index contributed by atoms with van der Waals surface area (Å²) >= 11 is 0. The molecule has 9 nitrogen and oxygen atoms in total. The number of ether oxygens (including phenoxy) is 1. The highest BCUT2D eigenvalue weighted by atomic mass is 16.5. The van der Waals surface area contributed by atoms with Gasteiger partial charge in [-0.05, 0) is 12.1 Å². The molecule has 1 atom stereocenters. The quantitative estimate of drug-likeness (QED) is 0.351. The number of methoxy groups -OCH3 is 1. The van der Waals surface area contributed by atoms with E-state index in [1.54, 1.807) is 0 Å². The maximum absolute atomic E-state index is 12.8. The van der Waals surface area contributed by atoms with E-state index in [4.69, 9.17) is 11.2 Å². The number of hydrogen-bond donors (Lipinski definition) is 3. The van der Waals surface area contributed by atoms with Gasteiger partial charge in [0, 0.05) is 35.9 Å². The largest absolute Gasteiger partial charge is 0.478 e. The van der Waals surface area contributed by atoms with Crippen LogP contribution < -0.4 is 0 Å². The fourth-order valence-electron chi connectivity index (χ4n) is 2.76. The van der Waals surface area contributed by atoms with Crippen LogP contribution in [0.1, 0.15) is 48.8 Å². The summed E-state index contributed by atoms with van der Waals surface area (Å²) in [6.45, 7) is 0. The minimum atomic E-state index is -1.51. The van der Waals surface area contributed by atoms with Crippen LogP contribution in [0.25, 0.3) is 0 Å². The third kappa shape index (κ3) is 4.42. The number of nitrogens with one attached hydrogen (secondary N) is 1. The zero-order chi connectivity index (χ0) is 20.8. The van der Waals surface area contributed by atoms with Crippen LogP contribution in [0.4, 0.5) is 0 Å². The highest BCUT2D eigenvalue weighted by Crippen LogP contribution is 2.23. The number of carbonyl (C=O) groups is 4. The number of benzene rings is 1. The molecule has 0 spiro atoms. The standard InChI is InChI=1S/C19H16N2O7/c1-3-10-4-13(17(23)24)16(14(5-10)18(25)26)15(22)7-11(19(27)28-2)6-12-8-20-9-21-12/h1,4-5,8-9,11H,6-7H2,2H3,(H,20,21)(H,23,24)(H,25,26)/t11-/m0/s1. The Morgan fingerprint density at radius 1 is 1.21 bits per heavy atom. The van der Waals surface area contributed by atoms with Crippen LogP contribution in [-0.2, 0) is 16.0 Å². The van der Waals surface area contributed by atoms with Crippen molar-refractivity contribution < 1.29 is 34.1 Å². The summed E-state index contributed by atoms with van der Waals surface area (Å²) in [7, 11) is 1.15. The fourth-order valence-corrected chi connectivity index (χ4v) is 2.76. The number of ketones is 1. The molecular weight excluding hydrogens is 368 g/mol. The molecule has 0 saturated heterocycles. The average Bonchev–Trinajstić information content (AvgIpc) is 3.18. The van der Waals surface area contributed by atoms with Gasteiger partial charge in [-0.2, -0.15) is 0 Å². The van der Waals surface area contributed by atoms with Crippen molar-refractivity contribution in [3.63, 3.8) is 0 Å². The maximum atomic E-state index is 12.8. The zero-order valence-electron chi connectivity index (χ0n) is 14.8. The second-order valence-electron chi connectivity index (χ2n) is 5.83. The third-order valence-electron chi connectivity index (χ3n) is 4.03. The van der Waals surface area contributed by atoms with Crippen molar-refractivity contribution in [2.75, 3.05) is 7.11 Å². The molecule has 2 aromatic rings. The molecule has 9 heteroatoms. The number of nitrogens with zero attached hydrogens (tertiary/aromatic N) is 1. The second-order valence-corrected chi connectivity index (χ2v) is 5.83. The van der Waals surface area contributed by atoms with E-state index in [0.717, 1.165) is 19.2 Å². The monoisotopic (exact) mass is 384 g/mol. The first-order chi connectivity index (χ1) is 13.3. The summed E-state index contributed by atoms with van der Waals surface area (Å²) in [6, 6.07) is 2.09. The smallest absolute Gasteiger partial charge is 0.336 e. The molecule has 0 amide bonds. The number of hydrogen-bond acceptors (Lipinski definition) is 6. The molecule has 144 valence electrons. The number of carboxylic acids is 2. The van der Waals surface area contributed by atoms with E-state index >= 15 is 0 Å². The van der Waals surface area contributed by atoms with Crippen molar-refractivity contribution >= 4 is 23.7 Å². The first-order valence-electron chi connectivity index (χ1n) is 7.98. The van der Waals surface area contributed by atoms with Crippen LogP contribution in [0.3, 0.4) is 0 Å². The SMILES string of the molecule is C#Cc1cc(C(=O)O)c(C(=O)C[C@H](Cc2cnc[nH]2)C(=O)OC)c(C(=O)O)c1. The topological polar surface area (TPSA) is 147 Å². The number of terminal acetylenes is 1. The lowest BCUT2D eigenvalue weighted by molar-refractivity contribution is -0.145. The lowest BCUT2D eigenvalue weighted by Gasteiger charge is -2.15. The van der Waals surface area contributed by atoms with Crippen molar-refractivity contribution in [3.8, 4) is 12.3 Å². The minimum absolute atomic E-state index is 0.00771. The van der Waals surface area contributed by atoms with Gasteiger partial charge in [-0.15, -0.1) is 6.42 Å². The lowest BCUT2D eigenvalue weighted by Crippen LogP contribution is -2.24. The van der Waals surface area contributed by atoms with Gasteiger partial charge in [-0.3, -0.25) is 9.59 Å². The number of imidazole rings is 1. The number of rotatable bonds is 8. The predicted octanol–water partition coefficient (Wildman–Crippen LogP) is 1.39. The second kappa shape index (κ2) is 8.64. The summed E-state index contributed by atoms with van der Waals surface area (Å²) in [5.74, 6) is -3.35. The molecule has 0 radical (unpaired) electrons. The van der Waals surface area contributed by atoms with Gasteiger partial charge in [0.2, 0.25) is 0 Å². The molecular formula is C19H16N2O7. The van der Waals surface area contributed by atoms with Crippen LogP contribution >= 0.6 is 0 Å². The summed E-state index contributed by atoms with van der Waals surface area (Å²) in [5, 5.41) is 18.8. The van der Waals surface area contributed by atoms with E-state index in [-0.39, 0.29) is 12.0 Å². The Balaban J connectivity index is 2.48. The number of aromatic carboxylic acids is 2. The Hall–Kier alpha value is -3.93. The van der Waals surface area contributed by atoms with E-state index < -0.39 is 52.7 Å². The summed E-state index contributed by atoms with van der Waals surface area (Å²) in [6.07, 6.45) is 7.72. The molecule has 0 bridgehead atoms. The normalized spacial score (nSPS) is 11.3. The summed E-state index contributed by atoms with van der Waals surface area (Å²) < 4.78 is 4.71. The Morgan fingerprint density at radius 3 is 2.25 bits per heavy atom. The fraction of sp³-hybridized carbons (Fsp3) is 0.211. The highest BCUT2D eigenvalue weighted by Gasteiger charge is 2.30. The molecule has 1 aromatic carbocycles. The van der Waals surface area contributed by atoms with Gasteiger partial charge in [0.25, 0.3) is 0 Å². The van der Waals surface area contributed by atoms with Gasteiger partial charge in [-0.25, -0.2) is 14.6 Å². The van der Waals surface area contributed by atoms with Crippen LogP contribution in [0.5, 0.6) is 0 Å². The van der Waals surface area contributed by atoms with Crippen molar-refractivity contribution in [3.05, 3.63) is 52.6 Å². The molecule has 0 fully saturated rings. The molecule has 0 aliphatic heterocycles. The Labute approximate surface area is 159 Å². The lowest BCUT2D eigenvalue weighted by atomic mass is 9.88. The van der Waals surface area contributed by atoms with E-state index in [0.29, 0.717) is 5.69 Å². The maximum Gasteiger partial charge on any atom is 0.336 e. The van der Waals surface area contributed by atoms with Crippen LogP contribution in [0, 0.1) is 18.3 Å².